The van der Waals surface area contributed by atoms with Crippen molar-refractivity contribution in [1.82, 2.24) is 4.98 Å². The van der Waals surface area contributed by atoms with Gasteiger partial charge in [-0.3, -0.25) is 0 Å². The van der Waals surface area contributed by atoms with Crippen LogP contribution in [0.5, 0.6) is 11.6 Å². The van der Waals surface area contributed by atoms with Crippen molar-refractivity contribution in [3.8, 4) is 22.8 Å². The molecule has 1 aromatic heterocycles. The fourth-order valence-electron chi connectivity index (χ4n) is 3.91. The third-order valence-corrected chi connectivity index (χ3v) is 5.41. The minimum atomic E-state index is -0.0124. The fraction of sp³-hybridized carbons (Fsp3) is 0.320. The van der Waals surface area contributed by atoms with Gasteiger partial charge in [0.25, 0.3) is 0 Å². The van der Waals surface area contributed by atoms with Gasteiger partial charge in [-0.15, -0.1) is 0 Å². The van der Waals surface area contributed by atoms with Crippen molar-refractivity contribution in [3.05, 3.63) is 71.9 Å². The fourth-order valence-corrected chi connectivity index (χ4v) is 3.91. The number of benzene rings is 2. The highest BCUT2D eigenvalue weighted by atomic mass is 16.5. The average Bonchev–Trinajstić information content (AvgIpc) is 3.24. The van der Waals surface area contributed by atoms with Crippen LogP contribution in [0.15, 0.2) is 60.8 Å². The summed E-state index contributed by atoms with van der Waals surface area (Å²) in [4.78, 5) is 6.63. The highest BCUT2D eigenvalue weighted by Gasteiger charge is 2.26. The maximum absolute atomic E-state index is 10.1. The average molecular weight is 405 g/mol. The number of nitrogens with zero attached hydrogens (tertiary/aromatic N) is 2. The summed E-state index contributed by atoms with van der Waals surface area (Å²) in [6.45, 7) is 6.27. The van der Waals surface area contributed by atoms with Gasteiger partial charge in [-0.2, -0.15) is 0 Å². The Morgan fingerprint density at radius 3 is 2.77 bits per heavy atom. The molecule has 2 heterocycles. The number of para-hydroxylation sites is 1. The molecule has 0 saturated carbocycles. The molecule has 2 aromatic carbocycles. The summed E-state index contributed by atoms with van der Waals surface area (Å²) in [5, 5.41) is 10.1. The molecule has 30 heavy (non-hydrogen) atoms. The molecule has 1 fully saturated rings. The Morgan fingerprint density at radius 1 is 1.13 bits per heavy atom. The number of pyridine rings is 1. The molecule has 5 nitrogen and oxygen atoms in total. The molecule has 5 heteroatoms. The van der Waals surface area contributed by atoms with E-state index in [-0.39, 0.29) is 12.7 Å². The molecule has 0 spiro atoms. The second kappa shape index (κ2) is 9.18. The van der Waals surface area contributed by atoms with Gasteiger partial charge in [0.1, 0.15) is 11.9 Å². The van der Waals surface area contributed by atoms with Crippen molar-refractivity contribution in [2.75, 3.05) is 24.6 Å². The summed E-state index contributed by atoms with van der Waals surface area (Å²) in [5.74, 6) is 1.52. The maximum Gasteiger partial charge on any atom is 0.213 e. The molecule has 0 radical (unpaired) electrons. The minimum absolute atomic E-state index is 0.0124. The van der Waals surface area contributed by atoms with Crippen molar-refractivity contribution in [2.24, 2.45) is 0 Å². The highest BCUT2D eigenvalue weighted by Crippen LogP contribution is 2.34. The Bertz CT molecular complexity index is 988. The zero-order valence-electron chi connectivity index (χ0n) is 17.5. The van der Waals surface area contributed by atoms with E-state index in [1.807, 2.05) is 50.4 Å². The largest absolute Gasteiger partial charge is 0.493 e. The molecule has 1 aliphatic heterocycles. The first kappa shape index (κ1) is 20.2. The van der Waals surface area contributed by atoms with E-state index in [2.05, 4.69) is 34.1 Å². The second-order valence-corrected chi connectivity index (χ2v) is 7.58. The molecule has 0 aliphatic carbocycles. The quantitative estimate of drug-likeness (QED) is 0.623. The van der Waals surface area contributed by atoms with Crippen molar-refractivity contribution >= 4 is 5.69 Å². The molecule has 0 unspecified atom stereocenters. The first-order valence-electron chi connectivity index (χ1n) is 10.5. The Morgan fingerprint density at radius 2 is 2.00 bits per heavy atom. The lowest BCUT2D eigenvalue weighted by Crippen LogP contribution is -2.25. The van der Waals surface area contributed by atoms with Gasteiger partial charge < -0.3 is 19.5 Å². The van der Waals surface area contributed by atoms with Gasteiger partial charge in [0.15, 0.2) is 0 Å². The topological polar surface area (TPSA) is 54.8 Å². The molecule has 1 N–H and O–H groups in total. The molecule has 0 bridgehead atoms. The van der Waals surface area contributed by atoms with E-state index < -0.39 is 0 Å². The van der Waals surface area contributed by atoms with Crippen LogP contribution in [0.25, 0.3) is 11.1 Å². The SMILES string of the molecule is CCOc1ccccc1-c1ccc(N2CC[C@H](Oc3ccc(C)cn3)C2)c(CO)c1. The van der Waals surface area contributed by atoms with Crippen LogP contribution in [-0.2, 0) is 6.61 Å². The lowest BCUT2D eigenvalue weighted by atomic mass is 10.0. The van der Waals surface area contributed by atoms with Crippen LogP contribution >= 0.6 is 0 Å². The zero-order valence-corrected chi connectivity index (χ0v) is 17.5. The number of aromatic nitrogens is 1. The predicted octanol–water partition coefficient (Wildman–Crippen LogP) is 4.61. The van der Waals surface area contributed by atoms with Gasteiger partial charge >= 0.3 is 0 Å². The van der Waals surface area contributed by atoms with Gasteiger partial charge in [-0.1, -0.05) is 30.3 Å². The lowest BCUT2D eigenvalue weighted by Gasteiger charge is -2.22. The number of ether oxygens (including phenoxy) is 2. The molecule has 156 valence electrons. The summed E-state index contributed by atoms with van der Waals surface area (Å²) in [5.41, 5.74) is 5.16. The van der Waals surface area contributed by atoms with Crippen molar-refractivity contribution < 1.29 is 14.6 Å². The Balaban J connectivity index is 1.52. The van der Waals surface area contributed by atoms with E-state index in [1.54, 1.807) is 0 Å². The van der Waals surface area contributed by atoms with E-state index in [1.165, 1.54) is 0 Å². The van der Waals surface area contributed by atoms with Crippen LogP contribution in [0.3, 0.4) is 0 Å². The first-order chi connectivity index (χ1) is 14.7. The molecule has 1 aliphatic rings. The van der Waals surface area contributed by atoms with E-state index in [9.17, 15) is 5.11 Å². The Labute approximate surface area is 177 Å². The normalized spacial score (nSPS) is 16.0. The summed E-state index contributed by atoms with van der Waals surface area (Å²) >= 11 is 0. The molecular formula is C25H28N2O3. The third kappa shape index (κ3) is 4.41. The number of hydrogen-bond donors (Lipinski definition) is 1. The number of hydrogen-bond acceptors (Lipinski definition) is 5. The monoisotopic (exact) mass is 404 g/mol. The molecule has 0 amide bonds. The Kier molecular flexibility index (Phi) is 6.19. The van der Waals surface area contributed by atoms with Gasteiger partial charge in [0, 0.05) is 42.0 Å². The summed E-state index contributed by atoms with van der Waals surface area (Å²) < 4.78 is 11.8. The number of aryl methyl sites for hydroxylation is 1. The van der Waals surface area contributed by atoms with E-state index in [0.29, 0.717) is 12.5 Å². The van der Waals surface area contributed by atoms with Crippen LogP contribution in [0.1, 0.15) is 24.5 Å². The van der Waals surface area contributed by atoms with Crippen molar-refractivity contribution in [1.29, 1.82) is 0 Å². The van der Waals surface area contributed by atoms with Crippen LogP contribution in [0.2, 0.25) is 0 Å². The standard InChI is InChI=1S/C25H28N2O3/c1-3-29-24-7-5-4-6-22(24)19-9-10-23(20(14-19)17-28)27-13-12-21(16-27)30-25-11-8-18(2)15-26-25/h4-11,14-15,21,28H,3,12-13,16-17H2,1-2H3/t21-/m0/s1. The lowest BCUT2D eigenvalue weighted by molar-refractivity contribution is 0.215. The molecule has 4 rings (SSSR count). The van der Waals surface area contributed by atoms with Crippen molar-refractivity contribution in [3.63, 3.8) is 0 Å². The predicted molar refractivity (Wildman–Crippen MR) is 119 cm³/mol. The van der Waals surface area contributed by atoms with Crippen molar-refractivity contribution in [2.45, 2.75) is 33.0 Å². The van der Waals surface area contributed by atoms with Gasteiger partial charge in [-0.25, -0.2) is 4.98 Å². The van der Waals surface area contributed by atoms with Crippen LogP contribution in [0, 0.1) is 6.92 Å². The van der Waals surface area contributed by atoms with Gasteiger partial charge in [0.2, 0.25) is 5.88 Å². The summed E-state index contributed by atoms with van der Waals surface area (Å²) in [6, 6.07) is 18.2. The molecule has 3 aromatic rings. The maximum atomic E-state index is 10.1. The molecule has 1 saturated heterocycles. The van der Waals surface area contributed by atoms with E-state index in [4.69, 9.17) is 9.47 Å². The Hall–Kier alpha value is -3.05. The first-order valence-corrected chi connectivity index (χ1v) is 10.5. The highest BCUT2D eigenvalue weighted by molar-refractivity contribution is 5.74. The molecular weight excluding hydrogens is 376 g/mol. The van der Waals surface area contributed by atoms with Gasteiger partial charge in [-0.05, 0) is 43.2 Å². The van der Waals surface area contributed by atoms with Gasteiger partial charge in [0.05, 0.1) is 19.8 Å². The minimum Gasteiger partial charge on any atom is -0.493 e. The van der Waals surface area contributed by atoms with E-state index in [0.717, 1.165) is 53.2 Å². The number of rotatable bonds is 7. The summed E-state index contributed by atoms with van der Waals surface area (Å²) in [7, 11) is 0. The van der Waals surface area contributed by atoms with Crippen LogP contribution in [-0.4, -0.2) is 35.9 Å². The number of anilines is 1. The second-order valence-electron chi connectivity index (χ2n) is 7.58. The van der Waals surface area contributed by atoms with Crippen LogP contribution in [0.4, 0.5) is 5.69 Å². The van der Waals surface area contributed by atoms with Crippen LogP contribution < -0.4 is 14.4 Å². The number of aliphatic hydroxyl groups is 1. The zero-order chi connectivity index (χ0) is 20.9. The molecule has 1 atom stereocenters. The third-order valence-electron chi connectivity index (χ3n) is 5.41. The van der Waals surface area contributed by atoms with E-state index >= 15 is 0 Å². The smallest absolute Gasteiger partial charge is 0.213 e. The summed E-state index contributed by atoms with van der Waals surface area (Å²) in [6.07, 6.45) is 2.84. The number of aliphatic hydroxyl groups excluding tert-OH is 1.